The van der Waals surface area contributed by atoms with Crippen LogP contribution >= 0.6 is 0 Å². The zero-order valence-electron chi connectivity index (χ0n) is 21.1. The van der Waals surface area contributed by atoms with E-state index in [0.29, 0.717) is 5.69 Å². The molecule has 4 nitrogen and oxygen atoms in total. The van der Waals surface area contributed by atoms with Crippen molar-refractivity contribution in [3.8, 4) is 0 Å². The highest BCUT2D eigenvalue weighted by molar-refractivity contribution is 7.85. The Bertz CT molecular complexity index is 716. The zero-order chi connectivity index (χ0) is 23.7. The molecule has 1 rings (SSSR count). The fraction of sp³-hybridized carbons (Fsp3) is 0.778. The van der Waals surface area contributed by atoms with Crippen LogP contribution < -0.4 is 5.32 Å². The van der Waals surface area contributed by atoms with Crippen LogP contribution in [0.1, 0.15) is 128 Å². The van der Waals surface area contributed by atoms with Crippen LogP contribution in [0, 0.1) is 0 Å². The lowest BCUT2D eigenvalue weighted by atomic mass is 9.94. The standard InChI is InChI=1S/C27H49NO3S/c1-4-6-8-10-12-14-16-18-20-24-22-23-26(32(29,30)31)27(28-3)25(24)21-19-17-15-13-11-9-7-5-2/h22-23,28H,4-21H2,1-3H3,(H,29,30,31). The molecule has 5 heteroatoms. The SMILES string of the molecule is CCCCCCCCCCc1ccc(S(=O)(=O)[O-])c([NH2+]C)c1CCCCCCCCCC. The lowest BCUT2D eigenvalue weighted by Gasteiger charge is -2.17. The summed E-state index contributed by atoms with van der Waals surface area (Å²) in [4.78, 5) is -0.0470. The summed E-state index contributed by atoms with van der Waals surface area (Å²) < 4.78 is 35.4. The largest absolute Gasteiger partial charge is 0.744 e. The van der Waals surface area contributed by atoms with Gasteiger partial charge in [0.1, 0.15) is 15.0 Å². The van der Waals surface area contributed by atoms with Crippen LogP contribution in [0.5, 0.6) is 0 Å². The molecule has 0 atom stereocenters. The fourth-order valence-corrected chi connectivity index (χ4v) is 5.38. The van der Waals surface area contributed by atoms with Crippen molar-refractivity contribution in [3.63, 3.8) is 0 Å². The highest BCUT2D eigenvalue weighted by Crippen LogP contribution is 2.28. The number of nitrogens with two attached hydrogens (primary N) is 1. The lowest BCUT2D eigenvalue weighted by Crippen LogP contribution is -2.73. The second-order valence-corrected chi connectivity index (χ2v) is 10.7. The van der Waals surface area contributed by atoms with Crippen molar-refractivity contribution >= 4 is 15.8 Å². The monoisotopic (exact) mass is 467 g/mol. The van der Waals surface area contributed by atoms with Crippen molar-refractivity contribution < 1.29 is 18.3 Å². The van der Waals surface area contributed by atoms with E-state index in [4.69, 9.17) is 0 Å². The second kappa shape index (κ2) is 17.6. The van der Waals surface area contributed by atoms with Crippen molar-refractivity contribution in [3.05, 3.63) is 23.3 Å². The van der Waals surface area contributed by atoms with E-state index in [9.17, 15) is 13.0 Å². The molecule has 0 heterocycles. The Morgan fingerprint density at radius 3 is 1.56 bits per heavy atom. The van der Waals surface area contributed by atoms with Crippen molar-refractivity contribution in [1.29, 1.82) is 0 Å². The number of hydrogen-bond acceptors (Lipinski definition) is 3. The van der Waals surface area contributed by atoms with E-state index < -0.39 is 10.1 Å². The molecule has 0 saturated carbocycles. The third kappa shape index (κ3) is 11.8. The Kier molecular flexibility index (Phi) is 16.0. The van der Waals surface area contributed by atoms with Crippen molar-refractivity contribution in [1.82, 2.24) is 0 Å². The molecule has 0 spiro atoms. The molecular weight excluding hydrogens is 418 g/mol. The molecular formula is C27H49NO3S. The van der Waals surface area contributed by atoms with Crippen LogP contribution in [-0.4, -0.2) is 20.0 Å². The zero-order valence-corrected chi connectivity index (χ0v) is 21.9. The van der Waals surface area contributed by atoms with Gasteiger partial charge in [0.05, 0.1) is 7.05 Å². The Labute approximate surface area is 198 Å². The van der Waals surface area contributed by atoms with Crippen LogP contribution in [0.15, 0.2) is 17.0 Å². The van der Waals surface area contributed by atoms with Crippen LogP contribution in [0.4, 0.5) is 5.69 Å². The second-order valence-electron chi connectivity index (χ2n) is 9.31. The minimum atomic E-state index is -4.45. The van der Waals surface area contributed by atoms with E-state index in [0.717, 1.165) is 31.2 Å². The highest BCUT2D eigenvalue weighted by Gasteiger charge is 2.19. The van der Waals surface area contributed by atoms with Crippen LogP contribution in [0.2, 0.25) is 0 Å². The molecule has 186 valence electrons. The molecule has 0 aliphatic heterocycles. The molecule has 0 unspecified atom stereocenters. The first-order valence-corrected chi connectivity index (χ1v) is 14.8. The smallest absolute Gasteiger partial charge is 0.150 e. The van der Waals surface area contributed by atoms with Gasteiger partial charge in [0.15, 0.2) is 5.69 Å². The molecule has 0 saturated heterocycles. The first-order chi connectivity index (χ1) is 15.5. The number of benzene rings is 1. The Balaban J connectivity index is 2.67. The summed E-state index contributed by atoms with van der Waals surface area (Å²) in [5.74, 6) is 0. The normalized spacial score (nSPS) is 11.9. The average molecular weight is 468 g/mol. The molecule has 1 aromatic rings. The predicted molar refractivity (Wildman–Crippen MR) is 135 cm³/mol. The molecule has 0 aromatic heterocycles. The van der Waals surface area contributed by atoms with E-state index in [1.165, 1.54) is 102 Å². The Hall–Kier alpha value is -0.910. The van der Waals surface area contributed by atoms with Crippen molar-refractivity contribution in [2.24, 2.45) is 0 Å². The Morgan fingerprint density at radius 1 is 0.688 bits per heavy atom. The molecule has 0 fully saturated rings. The number of unbranched alkanes of at least 4 members (excludes halogenated alkanes) is 14. The van der Waals surface area contributed by atoms with Gasteiger partial charge in [-0.25, -0.2) is 8.42 Å². The molecule has 0 amide bonds. The molecule has 0 aliphatic carbocycles. The quantitative estimate of drug-likeness (QED) is 0.130. The van der Waals surface area contributed by atoms with Crippen LogP contribution in [-0.2, 0) is 23.0 Å². The fourth-order valence-electron chi connectivity index (χ4n) is 4.64. The highest BCUT2D eigenvalue weighted by atomic mass is 32.2. The summed E-state index contributed by atoms with van der Waals surface area (Å²) in [6.07, 6.45) is 22.1. The maximum atomic E-state index is 11.8. The third-order valence-corrected chi connectivity index (χ3v) is 7.45. The van der Waals surface area contributed by atoms with Gasteiger partial charge in [0.2, 0.25) is 0 Å². The number of aryl methyl sites for hydroxylation is 1. The minimum Gasteiger partial charge on any atom is -0.744 e. The van der Waals surface area contributed by atoms with Gasteiger partial charge < -0.3 is 9.87 Å². The summed E-state index contributed by atoms with van der Waals surface area (Å²) in [6.45, 7) is 4.49. The number of hydrogen-bond donors (Lipinski definition) is 1. The maximum Gasteiger partial charge on any atom is 0.150 e. The summed E-state index contributed by atoms with van der Waals surface area (Å²) in [5, 5.41) is 1.82. The maximum absolute atomic E-state index is 11.8. The van der Waals surface area contributed by atoms with Gasteiger partial charge in [-0.15, -0.1) is 0 Å². The summed E-state index contributed by atoms with van der Waals surface area (Å²) in [6, 6.07) is 3.44. The van der Waals surface area contributed by atoms with Crippen molar-refractivity contribution in [2.45, 2.75) is 134 Å². The Morgan fingerprint density at radius 2 is 1.12 bits per heavy atom. The van der Waals surface area contributed by atoms with Gasteiger partial charge in [-0.1, -0.05) is 110 Å². The van der Waals surface area contributed by atoms with E-state index >= 15 is 0 Å². The molecule has 0 aliphatic rings. The average Bonchev–Trinajstić information content (AvgIpc) is 2.76. The van der Waals surface area contributed by atoms with Gasteiger partial charge >= 0.3 is 0 Å². The minimum absolute atomic E-state index is 0.0470. The third-order valence-electron chi connectivity index (χ3n) is 6.55. The predicted octanol–water partition coefficient (Wildman–Crippen LogP) is 6.78. The van der Waals surface area contributed by atoms with Gasteiger partial charge in [-0.3, -0.25) is 0 Å². The van der Waals surface area contributed by atoms with Gasteiger partial charge in [-0.2, -0.15) is 0 Å². The molecule has 0 bridgehead atoms. The van der Waals surface area contributed by atoms with Gasteiger partial charge in [0, 0.05) is 5.56 Å². The molecule has 2 N–H and O–H groups in total. The van der Waals surface area contributed by atoms with E-state index in [1.54, 1.807) is 0 Å². The molecule has 32 heavy (non-hydrogen) atoms. The lowest BCUT2D eigenvalue weighted by molar-refractivity contribution is -0.542. The number of quaternary nitrogens is 1. The van der Waals surface area contributed by atoms with Crippen LogP contribution in [0.25, 0.3) is 0 Å². The summed E-state index contributed by atoms with van der Waals surface area (Å²) in [7, 11) is -2.61. The molecule has 0 radical (unpaired) electrons. The number of rotatable bonds is 20. The molecule has 1 aromatic carbocycles. The first kappa shape index (κ1) is 29.1. The van der Waals surface area contributed by atoms with Crippen LogP contribution in [0.3, 0.4) is 0 Å². The van der Waals surface area contributed by atoms with E-state index in [2.05, 4.69) is 13.8 Å². The van der Waals surface area contributed by atoms with E-state index in [-0.39, 0.29) is 4.90 Å². The van der Waals surface area contributed by atoms with Crippen molar-refractivity contribution in [2.75, 3.05) is 7.05 Å². The first-order valence-electron chi connectivity index (χ1n) is 13.4. The van der Waals surface area contributed by atoms with Gasteiger partial charge in [-0.05, 0) is 37.3 Å². The topological polar surface area (TPSA) is 73.8 Å². The van der Waals surface area contributed by atoms with Gasteiger partial charge in [0.25, 0.3) is 0 Å². The van der Waals surface area contributed by atoms with E-state index in [1.807, 2.05) is 18.4 Å². The summed E-state index contributed by atoms with van der Waals surface area (Å²) >= 11 is 0. The summed E-state index contributed by atoms with van der Waals surface area (Å²) in [5.41, 5.74) is 2.98.